The zero-order valence-corrected chi connectivity index (χ0v) is 14.5. The average Bonchev–Trinajstić information content (AvgIpc) is 2.57. The van der Waals surface area contributed by atoms with Gasteiger partial charge in [-0.05, 0) is 26.3 Å². The smallest absolute Gasteiger partial charge is 0.335 e. The molecule has 0 fully saturated rings. The summed E-state index contributed by atoms with van der Waals surface area (Å²) < 4.78 is 15.1. The number of benzene rings is 1. The Balaban J connectivity index is 3.52. The third kappa shape index (κ3) is 3.75. The first kappa shape index (κ1) is 19.7. The SMILES string of the molecule is CCOC(=O)C(C(=O)OCC)(C(=O)OCC)[C@H](C)c1ccccc1. The van der Waals surface area contributed by atoms with Crippen LogP contribution in [-0.2, 0) is 28.6 Å². The van der Waals surface area contributed by atoms with Crippen LogP contribution in [0.25, 0.3) is 0 Å². The number of hydrogen-bond donors (Lipinski definition) is 0. The van der Waals surface area contributed by atoms with E-state index in [1.165, 1.54) is 0 Å². The Morgan fingerprint density at radius 1 is 0.833 bits per heavy atom. The van der Waals surface area contributed by atoms with E-state index in [9.17, 15) is 14.4 Å². The van der Waals surface area contributed by atoms with E-state index in [1.807, 2.05) is 0 Å². The lowest BCUT2D eigenvalue weighted by molar-refractivity contribution is -0.185. The zero-order valence-electron chi connectivity index (χ0n) is 14.5. The fourth-order valence-electron chi connectivity index (χ4n) is 2.51. The minimum Gasteiger partial charge on any atom is -0.465 e. The van der Waals surface area contributed by atoms with Crippen molar-refractivity contribution in [2.24, 2.45) is 5.41 Å². The first-order valence-electron chi connectivity index (χ1n) is 8.03. The second-order valence-electron chi connectivity index (χ2n) is 5.10. The highest BCUT2D eigenvalue weighted by Crippen LogP contribution is 2.40. The van der Waals surface area contributed by atoms with Gasteiger partial charge in [-0.2, -0.15) is 0 Å². The molecule has 6 heteroatoms. The molecule has 0 spiro atoms. The van der Waals surface area contributed by atoms with Crippen LogP contribution in [0.2, 0.25) is 0 Å². The summed E-state index contributed by atoms with van der Waals surface area (Å²) >= 11 is 0. The fourth-order valence-corrected chi connectivity index (χ4v) is 2.51. The Hall–Kier alpha value is -2.37. The predicted octanol–water partition coefficient (Wildman–Crippen LogP) is 2.47. The van der Waals surface area contributed by atoms with Gasteiger partial charge in [-0.3, -0.25) is 14.4 Å². The largest absolute Gasteiger partial charge is 0.465 e. The molecule has 0 aliphatic rings. The first-order chi connectivity index (χ1) is 11.5. The van der Waals surface area contributed by atoms with E-state index < -0.39 is 29.2 Å². The van der Waals surface area contributed by atoms with Crippen LogP contribution in [0.1, 0.15) is 39.2 Å². The molecule has 1 atom stereocenters. The monoisotopic (exact) mass is 336 g/mol. The van der Waals surface area contributed by atoms with Gasteiger partial charge in [-0.15, -0.1) is 0 Å². The molecule has 132 valence electrons. The lowest BCUT2D eigenvalue weighted by Gasteiger charge is -2.32. The average molecular weight is 336 g/mol. The number of carbonyl (C=O) groups is 3. The predicted molar refractivity (Wildman–Crippen MR) is 87.2 cm³/mol. The number of rotatable bonds is 8. The lowest BCUT2D eigenvalue weighted by Crippen LogP contribution is -2.52. The van der Waals surface area contributed by atoms with Crippen LogP contribution in [0.5, 0.6) is 0 Å². The van der Waals surface area contributed by atoms with Crippen molar-refractivity contribution in [2.75, 3.05) is 19.8 Å². The maximum absolute atomic E-state index is 12.7. The van der Waals surface area contributed by atoms with Crippen LogP contribution in [-0.4, -0.2) is 37.7 Å². The summed E-state index contributed by atoms with van der Waals surface area (Å²) in [6.07, 6.45) is 0. The Labute approximate surface area is 142 Å². The Bertz CT molecular complexity index is 521. The maximum Gasteiger partial charge on any atom is 0.335 e. The summed E-state index contributed by atoms with van der Waals surface area (Å²) in [5.74, 6) is -3.69. The molecule has 0 unspecified atom stereocenters. The minimum atomic E-state index is -2.19. The lowest BCUT2D eigenvalue weighted by atomic mass is 9.72. The molecule has 0 radical (unpaired) electrons. The van der Waals surface area contributed by atoms with Gasteiger partial charge < -0.3 is 14.2 Å². The Morgan fingerprint density at radius 2 is 1.21 bits per heavy atom. The van der Waals surface area contributed by atoms with E-state index in [0.717, 1.165) is 0 Å². The van der Waals surface area contributed by atoms with Crippen molar-refractivity contribution in [3.05, 3.63) is 35.9 Å². The zero-order chi connectivity index (χ0) is 18.2. The fraction of sp³-hybridized carbons (Fsp3) is 0.500. The molecule has 0 saturated heterocycles. The maximum atomic E-state index is 12.7. The molecule has 24 heavy (non-hydrogen) atoms. The normalized spacial score (nSPS) is 12.2. The second-order valence-corrected chi connectivity index (χ2v) is 5.10. The molecule has 0 aliphatic carbocycles. The Morgan fingerprint density at radius 3 is 1.54 bits per heavy atom. The van der Waals surface area contributed by atoms with Crippen LogP contribution >= 0.6 is 0 Å². The van der Waals surface area contributed by atoms with Crippen LogP contribution in [0.4, 0.5) is 0 Å². The van der Waals surface area contributed by atoms with Gasteiger partial charge in [0, 0.05) is 5.92 Å². The van der Waals surface area contributed by atoms with Crippen molar-refractivity contribution in [2.45, 2.75) is 33.6 Å². The van der Waals surface area contributed by atoms with Gasteiger partial charge in [0.15, 0.2) is 0 Å². The van der Waals surface area contributed by atoms with Gasteiger partial charge in [-0.25, -0.2) is 0 Å². The third-order valence-corrected chi connectivity index (χ3v) is 3.74. The van der Waals surface area contributed by atoms with E-state index >= 15 is 0 Å². The van der Waals surface area contributed by atoms with Crippen LogP contribution in [0.15, 0.2) is 30.3 Å². The van der Waals surface area contributed by atoms with Crippen molar-refractivity contribution in [1.29, 1.82) is 0 Å². The quantitative estimate of drug-likeness (QED) is 0.412. The summed E-state index contributed by atoms with van der Waals surface area (Å²) in [6.45, 7) is 6.51. The van der Waals surface area contributed by atoms with E-state index in [-0.39, 0.29) is 19.8 Å². The molecule has 6 nitrogen and oxygen atoms in total. The van der Waals surface area contributed by atoms with E-state index in [2.05, 4.69) is 0 Å². The van der Waals surface area contributed by atoms with E-state index in [0.29, 0.717) is 5.56 Å². The summed E-state index contributed by atoms with van der Waals surface area (Å²) in [7, 11) is 0. The van der Waals surface area contributed by atoms with E-state index in [1.54, 1.807) is 58.0 Å². The highest BCUT2D eigenvalue weighted by atomic mass is 16.6. The molecular formula is C18H24O6. The first-order valence-corrected chi connectivity index (χ1v) is 8.03. The molecule has 0 amide bonds. The number of hydrogen-bond acceptors (Lipinski definition) is 6. The van der Waals surface area contributed by atoms with Crippen LogP contribution in [0, 0.1) is 5.41 Å². The molecule has 0 heterocycles. The number of ether oxygens (including phenoxy) is 3. The number of esters is 3. The van der Waals surface area contributed by atoms with Gasteiger partial charge in [0.25, 0.3) is 5.41 Å². The minimum absolute atomic E-state index is 0.0287. The summed E-state index contributed by atoms with van der Waals surface area (Å²) in [4.78, 5) is 38.1. The standard InChI is InChI=1S/C18H24O6/c1-5-22-15(19)18(16(20)23-6-2,17(21)24-7-3)13(4)14-11-9-8-10-12-14/h8-13H,5-7H2,1-4H3/t13-/m1/s1. The molecule has 0 bridgehead atoms. The molecule has 1 aromatic carbocycles. The van der Waals surface area contributed by atoms with Gasteiger partial charge in [0.2, 0.25) is 0 Å². The highest BCUT2D eigenvalue weighted by molar-refractivity contribution is 6.19. The van der Waals surface area contributed by atoms with Gasteiger partial charge in [0.1, 0.15) is 0 Å². The van der Waals surface area contributed by atoms with Crippen molar-refractivity contribution < 1.29 is 28.6 Å². The summed E-state index contributed by atoms with van der Waals surface area (Å²) in [5, 5.41) is 0. The molecule has 0 N–H and O–H groups in total. The molecule has 0 saturated carbocycles. The topological polar surface area (TPSA) is 78.9 Å². The number of carbonyl (C=O) groups excluding carboxylic acids is 3. The Kier molecular flexibility index (Phi) is 7.42. The van der Waals surface area contributed by atoms with Crippen molar-refractivity contribution in [3.8, 4) is 0 Å². The summed E-state index contributed by atoms with van der Waals surface area (Å²) in [6, 6.07) is 8.79. The van der Waals surface area contributed by atoms with Gasteiger partial charge >= 0.3 is 17.9 Å². The second kappa shape index (κ2) is 9.05. The molecule has 0 aliphatic heterocycles. The van der Waals surface area contributed by atoms with E-state index in [4.69, 9.17) is 14.2 Å². The molecule has 1 rings (SSSR count). The third-order valence-electron chi connectivity index (χ3n) is 3.74. The van der Waals surface area contributed by atoms with Gasteiger partial charge in [0.05, 0.1) is 19.8 Å². The van der Waals surface area contributed by atoms with Gasteiger partial charge in [-0.1, -0.05) is 37.3 Å². The van der Waals surface area contributed by atoms with Crippen LogP contribution in [0.3, 0.4) is 0 Å². The van der Waals surface area contributed by atoms with Crippen molar-refractivity contribution >= 4 is 17.9 Å². The molecule has 0 aromatic heterocycles. The molecule has 1 aromatic rings. The molecular weight excluding hydrogens is 312 g/mol. The summed E-state index contributed by atoms with van der Waals surface area (Å²) in [5.41, 5.74) is -1.56. The highest BCUT2D eigenvalue weighted by Gasteiger charge is 2.61. The van der Waals surface area contributed by atoms with Crippen molar-refractivity contribution in [3.63, 3.8) is 0 Å². The van der Waals surface area contributed by atoms with Crippen molar-refractivity contribution in [1.82, 2.24) is 0 Å². The van der Waals surface area contributed by atoms with Crippen LogP contribution < -0.4 is 0 Å².